The number of nitrogens with one attached hydrogen (secondary N) is 1. The largest absolute Gasteiger partial charge is 0.493 e. The standard InChI is InChI=1S/C22H21ClN2O5S/c1-12-5-6-15(7-13(12)2)24-19(26)11-25-21(27)18(31-22(25)28)10-14-8-16(23)20(30-4)17(9-14)29-3/h5-10H,11H2,1-4H3,(H,24,26)/b18-10+. The lowest BCUT2D eigenvalue weighted by atomic mass is 10.1. The molecule has 2 aromatic carbocycles. The van der Waals surface area contributed by atoms with E-state index in [1.165, 1.54) is 20.3 Å². The molecule has 2 aromatic rings. The maximum atomic E-state index is 12.7. The van der Waals surface area contributed by atoms with Crippen LogP contribution in [-0.2, 0) is 9.59 Å². The third-order valence-electron chi connectivity index (χ3n) is 4.72. The number of amides is 3. The number of hydrogen-bond donors (Lipinski definition) is 1. The molecule has 7 nitrogen and oxygen atoms in total. The van der Waals surface area contributed by atoms with Crippen molar-refractivity contribution < 1.29 is 23.9 Å². The molecule has 162 valence electrons. The lowest BCUT2D eigenvalue weighted by molar-refractivity contribution is -0.127. The van der Waals surface area contributed by atoms with Gasteiger partial charge in [0.15, 0.2) is 11.5 Å². The van der Waals surface area contributed by atoms with Crippen LogP contribution < -0.4 is 14.8 Å². The molecule has 0 unspecified atom stereocenters. The molecule has 31 heavy (non-hydrogen) atoms. The summed E-state index contributed by atoms with van der Waals surface area (Å²) in [6.07, 6.45) is 1.53. The van der Waals surface area contributed by atoms with Gasteiger partial charge in [-0.1, -0.05) is 17.7 Å². The van der Waals surface area contributed by atoms with E-state index in [1.54, 1.807) is 18.2 Å². The number of imide groups is 1. The number of nitrogens with zero attached hydrogens (tertiary/aromatic N) is 1. The van der Waals surface area contributed by atoms with Gasteiger partial charge >= 0.3 is 0 Å². The van der Waals surface area contributed by atoms with Crippen LogP contribution in [0, 0.1) is 13.8 Å². The fourth-order valence-electron chi connectivity index (χ4n) is 2.97. The summed E-state index contributed by atoms with van der Waals surface area (Å²) < 4.78 is 10.5. The monoisotopic (exact) mass is 460 g/mol. The highest BCUT2D eigenvalue weighted by atomic mass is 35.5. The minimum atomic E-state index is -0.545. The summed E-state index contributed by atoms with van der Waals surface area (Å²) in [5, 5.41) is 2.51. The van der Waals surface area contributed by atoms with Gasteiger partial charge in [0.2, 0.25) is 5.91 Å². The quantitative estimate of drug-likeness (QED) is 0.631. The number of hydrogen-bond acceptors (Lipinski definition) is 6. The number of benzene rings is 2. The van der Waals surface area contributed by atoms with E-state index in [4.69, 9.17) is 21.1 Å². The molecule has 0 aliphatic carbocycles. The average molecular weight is 461 g/mol. The molecule has 1 heterocycles. The van der Waals surface area contributed by atoms with Gasteiger partial charge in [-0.15, -0.1) is 0 Å². The van der Waals surface area contributed by atoms with E-state index in [2.05, 4.69) is 5.32 Å². The Balaban J connectivity index is 1.75. The summed E-state index contributed by atoms with van der Waals surface area (Å²) in [7, 11) is 2.94. The predicted octanol–water partition coefficient (Wildman–Crippen LogP) is 4.65. The molecule has 0 atom stereocenters. The van der Waals surface area contributed by atoms with Gasteiger partial charge in [-0.05, 0) is 72.6 Å². The molecule has 3 rings (SSSR count). The number of carbonyl (C=O) groups is 3. The van der Waals surface area contributed by atoms with Crippen molar-refractivity contribution in [2.24, 2.45) is 0 Å². The second-order valence-corrected chi connectivity index (χ2v) is 8.25. The first-order valence-corrected chi connectivity index (χ1v) is 10.5. The highest BCUT2D eigenvalue weighted by Gasteiger charge is 2.36. The summed E-state index contributed by atoms with van der Waals surface area (Å²) >= 11 is 6.97. The number of carbonyl (C=O) groups excluding carboxylic acids is 3. The van der Waals surface area contributed by atoms with Gasteiger partial charge in [-0.25, -0.2) is 0 Å². The van der Waals surface area contributed by atoms with Crippen molar-refractivity contribution in [1.82, 2.24) is 4.90 Å². The Morgan fingerprint density at radius 2 is 1.87 bits per heavy atom. The summed E-state index contributed by atoms with van der Waals surface area (Å²) in [6, 6.07) is 8.74. The third kappa shape index (κ3) is 5.03. The van der Waals surface area contributed by atoms with Gasteiger partial charge < -0.3 is 14.8 Å². The molecule has 0 radical (unpaired) electrons. The highest BCUT2D eigenvalue weighted by Crippen LogP contribution is 2.38. The fraction of sp³-hybridized carbons (Fsp3) is 0.227. The molecule has 0 saturated carbocycles. The third-order valence-corrected chi connectivity index (χ3v) is 5.91. The number of ether oxygens (including phenoxy) is 2. The van der Waals surface area contributed by atoms with Gasteiger partial charge in [0.25, 0.3) is 11.1 Å². The Morgan fingerprint density at radius 3 is 2.52 bits per heavy atom. The number of rotatable bonds is 6. The summed E-state index contributed by atoms with van der Waals surface area (Å²) in [4.78, 5) is 38.5. The average Bonchev–Trinajstić information content (AvgIpc) is 2.97. The van der Waals surface area contributed by atoms with E-state index >= 15 is 0 Å². The minimum absolute atomic E-state index is 0.187. The maximum Gasteiger partial charge on any atom is 0.294 e. The topological polar surface area (TPSA) is 84.9 Å². The van der Waals surface area contributed by atoms with Crippen LogP contribution >= 0.6 is 23.4 Å². The molecule has 0 bridgehead atoms. The van der Waals surface area contributed by atoms with E-state index in [9.17, 15) is 14.4 Å². The zero-order chi connectivity index (χ0) is 22.7. The molecule has 1 aliphatic rings. The Morgan fingerprint density at radius 1 is 1.13 bits per heavy atom. The summed E-state index contributed by atoms with van der Waals surface area (Å²) in [5.41, 5.74) is 3.30. The van der Waals surface area contributed by atoms with E-state index in [-0.39, 0.29) is 11.4 Å². The summed E-state index contributed by atoms with van der Waals surface area (Å²) in [5.74, 6) is -0.234. The maximum absolute atomic E-state index is 12.7. The highest BCUT2D eigenvalue weighted by molar-refractivity contribution is 8.18. The smallest absolute Gasteiger partial charge is 0.294 e. The van der Waals surface area contributed by atoms with Crippen molar-refractivity contribution in [3.05, 3.63) is 56.9 Å². The second kappa shape index (κ2) is 9.45. The molecular weight excluding hydrogens is 440 g/mol. The fourth-order valence-corrected chi connectivity index (χ4v) is 4.11. The van der Waals surface area contributed by atoms with E-state index in [0.717, 1.165) is 27.8 Å². The molecule has 1 saturated heterocycles. The molecule has 0 spiro atoms. The number of aryl methyl sites for hydroxylation is 2. The Kier molecular flexibility index (Phi) is 6.92. The van der Waals surface area contributed by atoms with Crippen LogP contribution in [0.1, 0.15) is 16.7 Å². The molecular formula is C22H21ClN2O5S. The molecule has 9 heteroatoms. The molecule has 0 aromatic heterocycles. The minimum Gasteiger partial charge on any atom is -0.493 e. The van der Waals surface area contributed by atoms with Crippen LogP contribution in [0.4, 0.5) is 10.5 Å². The molecule has 3 amide bonds. The van der Waals surface area contributed by atoms with Crippen molar-refractivity contribution >= 4 is 52.2 Å². The summed E-state index contributed by atoms with van der Waals surface area (Å²) in [6.45, 7) is 3.54. The molecule has 1 aliphatic heterocycles. The zero-order valence-electron chi connectivity index (χ0n) is 17.4. The van der Waals surface area contributed by atoms with Crippen molar-refractivity contribution in [1.29, 1.82) is 0 Å². The lowest BCUT2D eigenvalue weighted by Gasteiger charge is -2.13. The lowest BCUT2D eigenvalue weighted by Crippen LogP contribution is -2.36. The Bertz CT molecular complexity index is 1100. The second-order valence-electron chi connectivity index (χ2n) is 6.85. The van der Waals surface area contributed by atoms with Crippen LogP contribution in [0.25, 0.3) is 6.08 Å². The number of anilines is 1. The predicted molar refractivity (Wildman–Crippen MR) is 122 cm³/mol. The van der Waals surface area contributed by atoms with Crippen LogP contribution in [0.15, 0.2) is 35.2 Å². The first-order chi connectivity index (χ1) is 14.7. The van der Waals surface area contributed by atoms with Crippen LogP contribution in [-0.4, -0.2) is 42.7 Å². The normalized spacial score (nSPS) is 14.9. The number of halogens is 1. The SMILES string of the molecule is COc1cc(/C=C2/SC(=O)N(CC(=O)Nc3ccc(C)c(C)c3)C2=O)cc(Cl)c1OC. The Hall–Kier alpha value is -2.97. The van der Waals surface area contributed by atoms with Gasteiger partial charge in [0.1, 0.15) is 6.54 Å². The number of thioether (sulfide) groups is 1. The van der Waals surface area contributed by atoms with Crippen molar-refractivity contribution in [2.75, 3.05) is 26.1 Å². The van der Waals surface area contributed by atoms with Crippen LogP contribution in [0.2, 0.25) is 5.02 Å². The Labute approximate surface area is 189 Å². The number of methoxy groups -OCH3 is 2. The van der Waals surface area contributed by atoms with E-state index in [0.29, 0.717) is 27.8 Å². The van der Waals surface area contributed by atoms with E-state index < -0.39 is 17.1 Å². The van der Waals surface area contributed by atoms with Gasteiger partial charge in [0, 0.05) is 5.69 Å². The first-order valence-electron chi connectivity index (χ1n) is 9.27. The van der Waals surface area contributed by atoms with Gasteiger partial charge in [0.05, 0.1) is 24.1 Å². The molecule has 1 N–H and O–H groups in total. The van der Waals surface area contributed by atoms with E-state index in [1.807, 2.05) is 26.0 Å². The van der Waals surface area contributed by atoms with Gasteiger partial charge in [-0.3, -0.25) is 19.3 Å². The van der Waals surface area contributed by atoms with Crippen molar-refractivity contribution in [3.63, 3.8) is 0 Å². The van der Waals surface area contributed by atoms with Crippen molar-refractivity contribution in [2.45, 2.75) is 13.8 Å². The van der Waals surface area contributed by atoms with Crippen LogP contribution in [0.5, 0.6) is 11.5 Å². The zero-order valence-corrected chi connectivity index (χ0v) is 19.0. The van der Waals surface area contributed by atoms with Crippen molar-refractivity contribution in [3.8, 4) is 11.5 Å². The molecule has 1 fully saturated rings. The first kappa shape index (κ1) is 22.7. The van der Waals surface area contributed by atoms with Gasteiger partial charge in [-0.2, -0.15) is 0 Å². The van der Waals surface area contributed by atoms with Crippen LogP contribution in [0.3, 0.4) is 0 Å².